The smallest absolute Gasteiger partial charge is 0.311 e. The van der Waals surface area contributed by atoms with Gasteiger partial charge >= 0.3 is 16.8 Å². The summed E-state index contributed by atoms with van der Waals surface area (Å²) in [5.74, 6) is -0.944. The summed E-state index contributed by atoms with van der Waals surface area (Å²) in [6, 6.07) is 0. The number of carbonyl (C=O) groups is 2. The summed E-state index contributed by atoms with van der Waals surface area (Å²) in [4.78, 5) is 42.4. The molecule has 10 nitrogen and oxygen atoms in total. The van der Waals surface area contributed by atoms with Crippen LogP contribution < -0.4 is 10.6 Å². The molecular weight excluding hydrogens is 352 g/mol. The van der Waals surface area contributed by atoms with Crippen molar-refractivity contribution in [3.8, 4) is 0 Å². The minimum atomic E-state index is -0.889. The van der Waals surface area contributed by atoms with Gasteiger partial charge in [-0.05, 0) is 0 Å². The third kappa shape index (κ3) is 3.61. The average Bonchev–Trinajstić information content (AvgIpc) is 3.04. The zero-order valence-electron chi connectivity index (χ0n) is 13.5. The lowest BCUT2D eigenvalue weighted by atomic mass is 10.2. The molecule has 0 amide bonds. The molecule has 1 saturated heterocycles. The van der Waals surface area contributed by atoms with E-state index in [1.807, 2.05) is 0 Å². The van der Waals surface area contributed by atoms with Gasteiger partial charge in [0.25, 0.3) is 0 Å². The predicted molar refractivity (Wildman–Crippen MR) is 86.8 cm³/mol. The van der Waals surface area contributed by atoms with E-state index in [1.54, 1.807) is 0 Å². The largest absolute Gasteiger partial charge is 0.463 e. The molecule has 2 N–H and O–H groups in total. The van der Waals surface area contributed by atoms with Gasteiger partial charge in [-0.1, -0.05) is 11.3 Å². The standard InChI is InChI=1S/C14H16N4O6S/c1-6(19)22-5-8-3-9(23-7(2)20)12(24-8)18-11-10(25-14(18)21)4-16-13(15)17-11/h4,8-9,12H,3,5H2,1-2H3,(H2,15,16,17)/t8-,9+,12?/m0/s1. The van der Waals surface area contributed by atoms with Crippen molar-refractivity contribution in [1.82, 2.24) is 14.5 Å². The van der Waals surface area contributed by atoms with Gasteiger partial charge in [0.1, 0.15) is 12.7 Å². The van der Waals surface area contributed by atoms with Crippen LogP contribution in [0.15, 0.2) is 11.0 Å². The maximum atomic E-state index is 12.4. The highest BCUT2D eigenvalue weighted by atomic mass is 32.1. The minimum Gasteiger partial charge on any atom is -0.463 e. The topological polar surface area (TPSA) is 136 Å². The molecule has 3 heterocycles. The van der Waals surface area contributed by atoms with Crippen molar-refractivity contribution < 1.29 is 23.8 Å². The minimum absolute atomic E-state index is 0.00244. The number of hydrogen-bond acceptors (Lipinski definition) is 10. The van der Waals surface area contributed by atoms with E-state index >= 15 is 0 Å². The Hall–Kier alpha value is -2.53. The van der Waals surface area contributed by atoms with E-state index in [4.69, 9.17) is 19.9 Å². The number of nitrogen functional groups attached to an aromatic ring is 1. The van der Waals surface area contributed by atoms with Crippen LogP contribution in [0.1, 0.15) is 26.5 Å². The Bertz CT molecular complexity index is 878. The first-order valence-corrected chi connectivity index (χ1v) is 8.26. The van der Waals surface area contributed by atoms with Gasteiger partial charge in [-0.25, -0.2) is 4.98 Å². The maximum Gasteiger partial charge on any atom is 0.311 e. The lowest BCUT2D eigenvalue weighted by Gasteiger charge is -2.19. The predicted octanol–water partition coefficient (Wildman–Crippen LogP) is 0.217. The number of esters is 2. The maximum absolute atomic E-state index is 12.4. The van der Waals surface area contributed by atoms with Gasteiger partial charge in [-0.15, -0.1) is 0 Å². The summed E-state index contributed by atoms with van der Waals surface area (Å²) in [6.45, 7) is 2.55. The van der Waals surface area contributed by atoms with Crippen molar-refractivity contribution in [3.63, 3.8) is 0 Å². The molecule has 0 spiro atoms. The molecule has 134 valence electrons. The molecule has 3 rings (SSSR count). The van der Waals surface area contributed by atoms with Crippen LogP contribution in [0.2, 0.25) is 0 Å². The molecule has 25 heavy (non-hydrogen) atoms. The Morgan fingerprint density at radius 3 is 2.88 bits per heavy atom. The number of rotatable bonds is 4. The van der Waals surface area contributed by atoms with Crippen molar-refractivity contribution >= 4 is 39.6 Å². The second-order valence-corrected chi connectivity index (χ2v) is 6.48. The average molecular weight is 368 g/mol. The van der Waals surface area contributed by atoms with Crippen LogP contribution in [0.4, 0.5) is 5.95 Å². The van der Waals surface area contributed by atoms with Crippen LogP contribution >= 0.6 is 11.3 Å². The molecule has 2 aromatic rings. The molecule has 0 radical (unpaired) electrons. The van der Waals surface area contributed by atoms with Crippen LogP contribution in [0.25, 0.3) is 10.3 Å². The Kier molecular flexibility index (Phi) is 4.68. The highest BCUT2D eigenvalue weighted by Crippen LogP contribution is 2.33. The van der Waals surface area contributed by atoms with Crippen molar-refractivity contribution in [2.45, 2.75) is 38.7 Å². The van der Waals surface area contributed by atoms with E-state index in [2.05, 4.69) is 9.97 Å². The molecule has 11 heteroatoms. The van der Waals surface area contributed by atoms with E-state index in [9.17, 15) is 14.4 Å². The van der Waals surface area contributed by atoms with Crippen LogP contribution in [0, 0.1) is 0 Å². The fourth-order valence-corrected chi connectivity index (χ4v) is 3.47. The van der Waals surface area contributed by atoms with E-state index < -0.39 is 30.4 Å². The Labute approximate surface area is 145 Å². The van der Waals surface area contributed by atoms with E-state index in [-0.39, 0.29) is 23.8 Å². The zero-order valence-corrected chi connectivity index (χ0v) is 14.3. The van der Waals surface area contributed by atoms with Crippen LogP contribution in [-0.2, 0) is 23.8 Å². The van der Waals surface area contributed by atoms with Crippen LogP contribution in [0.3, 0.4) is 0 Å². The monoisotopic (exact) mass is 368 g/mol. The molecule has 1 fully saturated rings. The Morgan fingerprint density at radius 2 is 2.20 bits per heavy atom. The summed E-state index contributed by atoms with van der Waals surface area (Å²) in [7, 11) is 0. The van der Waals surface area contributed by atoms with Crippen molar-refractivity contribution in [1.29, 1.82) is 0 Å². The number of anilines is 1. The molecule has 1 aliphatic rings. The second-order valence-electron chi connectivity index (χ2n) is 5.49. The fraction of sp³-hybridized carbons (Fsp3) is 0.500. The summed E-state index contributed by atoms with van der Waals surface area (Å²) in [5.41, 5.74) is 5.91. The molecule has 0 aromatic carbocycles. The highest BCUT2D eigenvalue weighted by Gasteiger charge is 2.41. The molecule has 3 atom stereocenters. The number of aromatic nitrogens is 3. The Morgan fingerprint density at radius 1 is 1.44 bits per heavy atom. The number of nitrogens with zero attached hydrogens (tertiary/aromatic N) is 3. The molecule has 0 bridgehead atoms. The van der Waals surface area contributed by atoms with Gasteiger partial charge < -0.3 is 19.9 Å². The summed E-state index contributed by atoms with van der Waals surface area (Å²) in [6.07, 6.45) is -0.391. The summed E-state index contributed by atoms with van der Waals surface area (Å²) < 4.78 is 17.9. The number of nitrogens with two attached hydrogens (primary N) is 1. The molecule has 2 aromatic heterocycles. The van der Waals surface area contributed by atoms with E-state index in [1.165, 1.54) is 24.6 Å². The first-order chi connectivity index (χ1) is 11.8. The lowest BCUT2D eigenvalue weighted by Crippen LogP contribution is -2.30. The fourth-order valence-electron chi connectivity index (χ4n) is 2.65. The van der Waals surface area contributed by atoms with Crippen molar-refractivity contribution in [2.75, 3.05) is 12.3 Å². The van der Waals surface area contributed by atoms with Gasteiger partial charge in [-0.2, -0.15) is 4.98 Å². The second kappa shape index (κ2) is 6.76. The summed E-state index contributed by atoms with van der Waals surface area (Å²) in [5, 5.41) is 0. The van der Waals surface area contributed by atoms with Crippen molar-refractivity contribution in [2.24, 2.45) is 0 Å². The lowest BCUT2D eigenvalue weighted by molar-refractivity contribution is -0.152. The van der Waals surface area contributed by atoms with Crippen LogP contribution in [0.5, 0.6) is 0 Å². The highest BCUT2D eigenvalue weighted by molar-refractivity contribution is 7.16. The van der Waals surface area contributed by atoms with Crippen molar-refractivity contribution in [3.05, 3.63) is 15.9 Å². The molecule has 1 unspecified atom stereocenters. The normalized spacial score (nSPS) is 22.9. The van der Waals surface area contributed by atoms with E-state index in [0.29, 0.717) is 10.3 Å². The van der Waals surface area contributed by atoms with Gasteiger partial charge in [0, 0.05) is 20.3 Å². The van der Waals surface area contributed by atoms with Gasteiger partial charge in [-0.3, -0.25) is 19.0 Å². The van der Waals surface area contributed by atoms with Gasteiger partial charge in [0.2, 0.25) is 5.95 Å². The first kappa shape index (κ1) is 17.3. The van der Waals surface area contributed by atoms with E-state index in [0.717, 1.165) is 11.3 Å². The quantitative estimate of drug-likeness (QED) is 0.751. The molecular formula is C14H16N4O6S. The van der Waals surface area contributed by atoms with Gasteiger partial charge in [0.05, 0.1) is 17.0 Å². The number of ether oxygens (including phenoxy) is 3. The third-order valence-corrected chi connectivity index (χ3v) is 4.45. The molecule has 1 aliphatic heterocycles. The third-order valence-electron chi connectivity index (χ3n) is 3.57. The summed E-state index contributed by atoms with van der Waals surface area (Å²) >= 11 is 0.936. The first-order valence-electron chi connectivity index (χ1n) is 7.44. The SMILES string of the molecule is CC(=O)OC[C@@H]1C[C@@H](OC(C)=O)C(n2c(=O)sc3cnc(N)nc32)O1. The zero-order chi connectivity index (χ0) is 18.1. The molecule has 0 saturated carbocycles. The number of hydrogen-bond donors (Lipinski definition) is 1. The number of carbonyl (C=O) groups excluding carboxylic acids is 2. The molecule has 0 aliphatic carbocycles. The number of thiazole rings is 1. The van der Waals surface area contributed by atoms with Crippen LogP contribution in [-0.4, -0.2) is 45.3 Å². The van der Waals surface area contributed by atoms with Gasteiger partial charge in [0.15, 0.2) is 11.9 Å². The number of fused-ring (bicyclic) bond motifs is 1. The Balaban J connectivity index is 1.96.